The van der Waals surface area contributed by atoms with Gasteiger partial charge in [0.1, 0.15) is 0 Å². The van der Waals surface area contributed by atoms with E-state index in [2.05, 4.69) is 31.2 Å². The lowest BCUT2D eigenvalue weighted by atomic mass is 9.99. The minimum Gasteiger partial charge on any atom is -0.398 e. The molecule has 0 saturated carbocycles. The molecule has 2 heteroatoms. The minimum absolute atomic E-state index is 0.877. The fourth-order valence-electron chi connectivity index (χ4n) is 3.00. The van der Waals surface area contributed by atoms with Crippen LogP contribution in [-0.4, -0.2) is 4.98 Å². The van der Waals surface area contributed by atoms with Crippen LogP contribution in [0.2, 0.25) is 0 Å². The third-order valence-electron chi connectivity index (χ3n) is 4.13. The molecule has 2 N–H and O–H groups in total. The highest BCUT2D eigenvalue weighted by Crippen LogP contribution is 2.31. The number of benzene rings is 2. The topological polar surface area (TPSA) is 38.9 Å². The van der Waals surface area contributed by atoms with Crippen LogP contribution in [0.4, 0.5) is 5.69 Å². The average molecular weight is 278 g/mol. The molecule has 0 saturated heterocycles. The number of aryl methyl sites for hydroxylation is 1. The van der Waals surface area contributed by atoms with E-state index in [0.717, 1.165) is 33.9 Å². The Balaban J connectivity index is 2.06. The van der Waals surface area contributed by atoms with Gasteiger partial charge in [0.2, 0.25) is 0 Å². The molecule has 3 rings (SSSR count). The first-order valence-electron chi connectivity index (χ1n) is 7.87. The number of para-hydroxylation sites is 1. The molecule has 0 fully saturated rings. The largest absolute Gasteiger partial charge is 0.398 e. The van der Waals surface area contributed by atoms with Gasteiger partial charge in [-0.3, -0.25) is 0 Å². The summed E-state index contributed by atoms with van der Waals surface area (Å²) in [5, 5.41) is 2.21. The van der Waals surface area contributed by atoms with E-state index in [4.69, 9.17) is 10.7 Å². The van der Waals surface area contributed by atoms with Crippen molar-refractivity contribution in [2.24, 2.45) is 0 Å². The molecular formula is C19H22N2. The second kappa shape index (κ2) is 6.13. The van der Waals surface area contributed by atoms with E-state index in [-0.39, 0.29) is 0 Å². The van der Waals surface area contributed by atoms with Crippen LogP contribution in [0.3, 0.4) is 0 Å². The molecule has 0 unspecified atom stereocenters. The molecule has 3 aromatic rings. The number of fused-ring (bicyclic) bond motifs is 2. The summed E-state index contributed by atoms with van der Waals surface area (Å²) in [5.41, 5.74) is 10.6. The zero-order valence-corrected chi connectivity index (χ0v) is 12.6. The highest BCUT2D eigenvalue weighted by Gasteiger charge is 2.09. The maximum Gasteiger partial charge on any atom is 0.0733 e. The Kier molecular flexibility index (Phi) is 4.05. The molecule has 2 aromatic carbocycles. The lowest BCUT2D eigenvalue weighted by Crippen LogP contribution is -1.97. The zero-order chi connectivity index (χ0) is 14.7. The van der Waals surface area contributed by atoms with Gasteiger partial charge in [0.25, 0.3) is 0 Å². The van der Waals surface area contributed by atoms with Gasteiger partial charge in [-0.1, -0.05) is 56.5 Å². The molecule has 0 atom stereocenters. The molecular weight excluding hydrogens is 256 g/mol. The number of nitrogen functional groups attached to an aromatic ring is 1. The monoisotopic (exact) mass is 278 g/mol. The van der Waals surface area contributed by atoms with Crippen LogP contribution in [0.1, 0.15) is 38.2 Å². The zero-order valence-electron chi connectivity index (χ0n) is 12.6. The summed E-state index contributed by atoms with van der Waals surface area (Å²) in [4.78, 5) is 4.76. The normalized spacial score (nSPS) is 11.3. The van der Waals surface area contributed by atoms with Gasteiger partial charge in [-0.25, -0.2) is 4.98 Å². The van der Waals surface area contributed by atoms with Crippen molar-refractivity contribution in [1.82, 2.24) is 4.98 Å². The fourth-order valence-corrected chi connectivity index (χ4v) is 3.00. The highest BCUT2D eigenvalue weighted by atomic mass is 14.7. The van der Waals surface area contributed by atoms with E-state index >= 15 is 0 Å². The van der Waals surface area contributed by atoms with E-state index in [1.165, 1.54) is 31.2 Å². The van der Waals surface area contributed by atoms with Crippen molar-refractivity contribution in [1.29, 1.82) is 0 Å². The van der Waals surface area contributed by atoms with Crippen molar-refractivity contribution in [2.75, 3.05) is 5.73 Å². The Labute approximate surface area is 126 Å². The van der Waals surface area contributed by atoms with E-state index < -0.39 is 0 Å². The van der Waals surface area contributed by atoms with Gasteiger partial charge in [0, 0.05) is 10.8 Å². The van der Waals surface area contributed by atoms with E-state index in [1.807, 2.05) is 18.2 Å². The van der Waals surface area contributed by atoms with Crippen LogP contribution in [0.5, 0.6) is 0 Å². The molecule has 1 aromatic heterocycles. The molecule has 0 aliphatic heterocycles. The van der Waals surface area contributed by atoms with Crippen LogP contribution >= 0.6 is 0 Å². The Morgan fingerprint density at radius 1 is 0.905 bits per heavy atom. The van der Waals surface area contributed by atoms with Gasteiger partial charge in [-0.05, 0) is 30.5 Å². The number of unbranched alkanes of at least 4 members (excludes halogenated alkanes) is 3. The Morgan fingerprint density at radius 3 is 2.57 bits per heavy atom. The first-order valence-corrected chi connectivity index (χ1v) is 7.87. The van der Waals surface area contributed by atoms with Crippen molar-refractivity contribution >= 4 is 27.5 Å². The quantitative estimate of drug-likeness (QED) is 0.521. The van der Waals surface area contributed by atoms with Crippen LogP contribution in [0.25, 0.3) is 21.8 Å². The molecule has 2 nitrogen and oxygen atoms in total. The first-order chi connectivity index (χ1) is 10.3. The predicted molar refractivity (Wildman–Crippen MR) is 91.5 cm³/mol. The Hall–Kier alpha value is -2.09. The number of nitrogens with zero attached hydrogens (tertiary/aromatic N) is 1. The summed E-state index contributed by atoms with van der Waals surface area (Å²) in [7, 11) is 0. The van der Waals surface area contributed by atoms with Gasteiger partial charge in [0.15, 0.2) is 0 Å². The van der Waals surface area contributed by atoms with E-state index in [9.17, 15) is 0 Å². The summed E-state index contributed by atoms with van der Waals surface area (Å²) < 4.78 is 0. The van der Waals surface area contributed by atoms with Gasteiger partial charge in [0.05, 0.1) is 16.7 Å². The number of rotatable bonds is 5. The van der Waals surface area contributed by atoms with Crippen LogP contribution in [0.15, 0.2) is 42.5 Å². The van der Waals surface area contributed by atoms with Crippen molar-refractivity contribution in [2.45, 2.75) is 39.0 Å². The van der Waals surface area contributed by atoms with E-state index in [1.54, 1.807) is 0 Å². The van der Waals surface area contributed by atoms with Crippen molar-refractivity contribution in [3.63, 3.8) is 0 Å². The summed E-state index contributed by atoms with van der Waals surface area (Å²) in [6.07, 6.45) is 6.17. The first kappa shape index (κ1) is 13.9. The summed E-state index contributed by atoms with van der Waals surface area (Å²) in [6.45, 7) is 2.24. The number of hydrogen-bond acceptors (Lipinski definition) is 2. The smallest absolute Gasteiger partial charge is 0.0733 e. The van der Waals surface area contributed by atoms with Crippen LogP contribution in [0, 0.1) is 0 Å². The molecule has 0 aliphatic rings. The third-order valence-corrected chi connectivity index (χ3v) is 4.13. The molecule has 0 bridgehead atoms. The molecule has 1 heterocycles. The van der Waals surface area contributed by atoms with Crippen LogP contribution < -0.4 is 5.73 Å². The molecule has 0 spiro atoms. The maximum absolute atomic E-state index is 6.45. The second-order valence-corrected chi connectivity index (χ2v) is 5.66. The molecule has 108 valence electrons. The lowest BCUT2D eigenvalue weighted by Gasteiger charge is -2.11. The number of anilines is 1. The minimum atomic E-state index is 0.877. The third kappa shape index (κ3) is 2.71. The summed E-state index contributed by atoms with van der Waals surface area (Å²) in [6, 6.07) is 14.5. The summed E-state index contributed by atoms with van der Waals surface area (Å²) >= 11 is 0. The van der Waals surface area contributed by atoms with Gasteiger partial charge >= 0.3 is 0 Å². The van der Waals surface area contributed by atoms with Gasteiger partial charge in [-0.2, -0.15) is 0 Å². The lowest BCUT2D eigenvalue weighted by molar-refractivity contribution is 0.668. The Morgan fingerprint density at radius 2 is 1.71 bits per heavy atom. The fraction of sp³-hybridized carbons (Fsp3) is 0.316. The van der Waals surface area contributed by atoms with Crippen molar-refractivity contribution in [3.8, 4) is 0 Å². The van der Waals surface area contributed by atoms with E-state index in [0.29, 0.717) is 0 Å². The molecule has 21 heavy (non-hydrogen) atoms. The number of aromatic nitrogens is 1. The summed E-state index contributed by atoms with van der Waals surface area (Å²) in [5.74, 6) is 0. The van der Waals surface area contributed by atoms with Crippen molar-refractivity contribution < 1.29 is 0 Å². The second-order valence-electron chi connectivity index (χ2n) is 5.66. The standard InChI is InChI=1S/C19H22N2/c1-2-3-4-5-9-14-10-8-13-17-18(14)19(20)15-11-6-7-12-16(15)21-17/h6-8,10-13H,2-5,9H2,1H3,(H2,20,21). The SMILES string of the molecule is CCCCCCc1cccc2nc3ccccc3c(N)c12. The number of hydrogen-bond donors (Lipinski definition) is 1. The average Bonchev–Trinajstić information content (AvgIpc) is 2.52. The molecule has 0 aliphatic carbocycles. The maximum atomic E-state index is 6.45. The predicted octanol–water partition coefficient (Wildman–Crippen LogP) is 5.09. The number of nitrogens with two attached hydrogens (primary N) is 1. The molecule has 0 radical (unpaired) electrons. The Bertz CT molecular complexity index is 762. The van der Waals surface area contributed by atoms with Crippen LogP contribution in [-0.2, 0) is 6.42 Å². The van der Waals surface area contributed by atoms with Gasteiger partial charge < -0.3 is 5.73 Å². The van der Waals surface area contributed by atoms with Gasteiger partial charge in [-0.15, -0.1) is 0 Å². The molecule has 0 amide bonds. The number of pyridine rings is 1. The van der Waals surface area contributed by atoms with Crippen molar-refractivity contribution in [3.05, 3.63) is 48.0 Å². The highest BCUT2D eigenvalue weighted by molar-refractivity contribution is 6.07.